The SMILES string of the molecule is CC(OC(=O)C(C(=O)[O-])C(=O)c1cccc(Oc2ccc(C(F)(F)F)cc2Cl)c1[N+](=O)[O-])C(C)(C)C. The molecule has 0 saturated heterocycles. The number of hydrogen-bond acceptors (Lipinski definition) is 8. The standard InChI is InChI=1S/C23H21ClF3NO8/c1-11(22(2,3)4)35-21(32)17(20(30)31)19(29)13-6-5-7-16(18(13)28(33)34)36-15-9-8-12(10-14(15)24)23(25,26)27/h5-11,17H,1-4H3,(H,30,31)/p-1. The topological polar surface area (TPSA) is 136 Å². The first-order chi connectivity index (χ1) is 16.4. The number of esters is 1. The van der Waals surface area contributed by atoms with E-state index >= 15 is 0 Å². The highest BCUT2D eigenvalue weighted by atomic mass is 35.5. The third-order valence-corrected chi connectivity index (χ3v) is 5.47. The number of Topliss-reactive ketones (excluding diaryl/α,β-unsaturated/α-hetero) is 1. The number of carboxylic acids is 1. The first-order valence-electron chi connectivity index (χ1n) is 10.2. The van der Waals surface area contributed by atoms with Crippen molar-refractivity contribution in [2.24, 2.45) is 11.3 Å². The smallest absolute Gasteiger partial charge is 0.416 e. The molecule has 0 aliphatic rings. The van der Waals surface area contributed by atoms with Gasteiger partial charge < -0.3 is 19.4 Å². The van der Waals surface area contributed by atoms with E-state index in [-0.39, 0.29) is 0 Å². The lowest BCUT2D eigenvalue weighted by Crippen LogP contribution is -2.44. The molecule has 0 bridgehead atoms. The first kappa shape index (κ1) is 28.6. The quantitative estimate of drug-likeness (QED) is 0.159. The number of nitrogens with zero attached hydrogens (tertiary/aromatic N) is 1. The maximum Gasteiger partial charge on any atom is 0.416 e. The highest BCUT2D eigenvalue weighted by Crippen LogP contribution is 2.40. The Morgan fingerprint density at radius 1 is 1.06 bits per heavy atom. The van der Waals surface area contributed by atoms with Crippen LogP contribution in [0.25, 0.3) is 0 Å². The number of halogens is 4. The van der Waals surface area contributed by atoms with Crippen LogP contribution < -0.4 is 9.84 Å². The van der Waals surface area contributed by atoms with Crippen molar-refractivity contribution in [3.8, 4) is 11.5 Å². The molecule has 2 rings (SSSR count). The fourth-order valence-corrected chi connectivity index (χ4v) is 2.97. The predicted octanol–water partition coefficient (Wildman–Crippen LogP) is 4.59. The van der Waals surface area contributed by atoms with Crippen molar-refractivity contribution < 1.29 is 47.1 Å². The van der Waals surface area contributed by atoms with E-state index in [0.29, 0.717) is 12.1 Å². The van der Waals surface area contributed by atoms with Crippen molar-refractivity contribution in [3.05, 3.63) is 62.7 Å². The van der Waals surface area contributed by atoms with Gasteiger partial charge in [0.05, 0.1) is 21.5 Å². The van der Waals surface area contributed by atoms with Gasteiger partial charge in [-0.25, -0.2) is 0 Å². The summed E-state index contributed by atoms with van der Waals surface area (Å²) in [6.45, 7) is 6.55. The number of carbonyl (C=O) groups is 3. The van der Waals surface area contributed by atoms with Crippen LogP contribution in [-0.2, 0) is 20.5 Å². The van der Waals surface area contributed by atoms with E-state index in [1.54, 1.807) is 20.8 Å². The van der Waals surface area contributed by atoms with Gasteiger partial charge >= 0.3 is 17.8 Å². The number of carboxylic acid groups (broad SMARTS) is 1. The summed E-state index contributed by atoms with van der Waals surface area (Å²) in [4.78, 5) is 47.9. The van der Waals surface area contributed by atoms with E-state index in [2.05, 4.69) is 0 Å². The van der Waals surface area contributed by atoms with Crippen LogP contribution in [0.1, 0.15) is 43.6 Å². The minimum Gasteiger partial charge on any atom is -0.549 e. The molecule has 0 spiro atoms. The molecule has 0 saturated carbocycles. The van der Waals surface area contributed by atoms with Crippen LogP contribution in [0.4, 0.5) is 18.9 Å². The largest absolute Gasteiger partial charge is 0.549 e. The van der Waals surface area contributed by atoms with Crippen molar-refractivity contribution >= 4 is 35.0 Å². The second-order valence-electron chi connectivity index (χ2n) is 8.72. The molecule has 2 atom stereocenters. The van der Waals surface area contributed by atoms with E-state index < -0.39 is 79.6 Å². The average molecular weight is 531 g/mol. The first-order valence-corrected chi connectivity index (χ1v) is 10.6. The van der Waals surface area contributed by atoms with E-state index in [4.69, 9.17) is 21.1 Å². The molecule has 9 nitrogen and oxygen atoms in total. The molecule has 0 heterocycles. The van der Waals surface area contributed by atoms with Crippen LogP contribution in [0.3, 0.4) is 0 Å². The van der Waals surface area contributed by atoms with Crippen LogP contribution in [0.2, 0.25) is 5.02 Å². The van der Waals surface area contributed by atoms with Gasteiger partial charge in [0.25, 0.3) is 0 Å². The summed E-state index contributed by atoms with van der Waals surface area (Å²) in [5.74, 6) is -8.70. The van der Waals surface area contributed by atoms with Crippen LogP contribution in [0.15, 0.2) is 36.4 Å². The molecule has 0 aliphatic heterocycles. The van der Waals surface area contributed by atoms with Crippen molar-refractivity contribution in [2.45, 2.75) is 40.0 Å². The summed E-state index contributed by atoms with van der Waals surface area (Å²) in [6, 6.07) is 4.97. The van der Waals surface area contributed by atoms with Crippen LogP contribution >= 0.6 is 11.6 Å². The van der Waals surface area contributed by atoms with E-state index in [0.717, 1.165) is 24.3 Å². The monoisotopic (exact) mass is 530 g/mol. The van der Waals surface area contributed by atoms with Gasteiger partial charge in [0.15, 0.2) is 11.7 Å². The molecule has 2 unspecified atom stereocenters. The highest BCUT2D eigenvalue weighted by molar-refractivity contribution is 6.32. The zero-order valence-electron chi connectivity index (χ0n) is 19.3. The minimum absolute atomic E-state index is 0.410. The zero-order chi connectivity index (χ0) is 27.6. The number of nitro benzene ring substituents is 1. The lowest BCUT2D eigenvalue weighted by atomic mass is 9.90. The Hall–Kier alpha value is -3.67. The third-order valence-electron chi connectivity index (χ3n) is 5.17. The minimum atomic E-state index is -4.71. The maximum atomic E-state index is 13.0. The molecule has 0 aromatic heterocycles. The Morgan fingerprint density at radius 3 is 2.14 bits per heavy atom. The van der Waals surface area contributed by atoms with Gasteiger partial charge in [0.2, 0.25) is 5.75 Å². The Labute approximate surface area is 207 Å². The molecular formula is C23H20ClF3NO8-. The number of nitro groups is 1. The van der Waals surface area contributed by atoms with Crippen molar-refractivity contribution in [1.29, 1.82) is 0 Å². The summed E-state index contributed by atoms with van der Waals surface area (Å²) in [6.07, 6.45) is -5.54. The predicted molar refractivity (Wildman–Crippen MR) is 117 cm³/mol. The van der Waals surface area contributed by atoms with Gasteiger partial charge in [-0.2, -0.15) is 13.2 Å². The normalized spacial score (nSPS) is 13.4. The third kappa shape index (κ3) is 6.51. The van der Waals surface area contributed by atoms with Gasteiger partial charge in [0.1, 0.15) is 17.4 Å². The maximum absolute atomic E-state index is 13.0. The summed E-state index contributed by atoms with van der Waals surface area (Å²) >= 11 is 5.83. The number of para-hydroxylation sites is 1. The summed E-state index contributed by atoms with van der Waals surface area (Å²) in [7, 11) is 0. The highest BCUT2D eigenvalue weighted by Gasteiger charge is 2.38. The lowest BCUT2D eigenvalue weighted by molar-refractivity contribution is -0.385. The Morgan fingerprint density at radius 2 is 1.67 bits per heavy atom. The second-order valence-corrected chi connectivity index (χ2v) is 9.12. The zero-order valence-corrected chi connectivity index (χ0v) is 20.1. The van der Waals surface area contributed by atoms with Crippen molar-refractivity contribution in [1.82, 2.24) is 0 Å². The number of benzene rings is 2. The van der Waals surface area contributed by atoms with Gasteiger partial charge in [-0.05, 0) is 42.7 Å². The van der Waals surface area contributed by atoms with Gasteiger partial charge in [-0.3, -0.25) is 19.7 Å². The molecule has 0 amide bonds. The summed E-state index contributed by atoms with van der Waals surface area (Å²) in [5.41, 5.74) is -3.58. The van der Waals surface area contributed by atoms with Gasteiger partial charge in [-0.15, -0.1) is 0 Å². The summed E-state index contributed by atoms with van der Waals surface area (Å²) in [5, 5.41) is 22.9. The van der Waals surface area contributed by atoms with E-state index in [1.165, 1.54) is 6.92 Å². The molecule has 0 fully saturated rings. The molecule has 194 valence electrons. The molecule has 2 aromatic rings. The molecule has 36 heavy (non-hydrogen) atoms. The molecule has 0 radical (unpaired) electrons. The molecular weight excluding hydrogens is 511 g/mol. The second kappa shape index (κ2) is 10.5. The van der Waals surface area contributed by atoms with E-state index in [9.17, 15) is 42.8 Å². The molecule has 0 aliphatic carbocycles. The fraction of sp³-hybridized carbons (Fsp3) is 0.348. The van der Waals surface area contributed by atoms with Crippen LogP contribution in [-0.4, -0.2) is 28.7 Å². The summed E-state index contributed by atoms with van der Waals surface area (Å²) < 4.78 is 49.0. The Bertz CT molecular complexity index is 1210. The lowest BCUT2D eigenvalue weighted by Gasteiger charge is -2.28. The Balaban J connectivity index is 2.50. The number of hydrogen-bond donors (Lipinski definition) is 0. The average Bonchev–Trinajstić information content (AvgIpc) is 2.73. The number of aliphatic carboxylic acids is 1. The number of rotatable bonds is 8. The van der Waals surface area contributed by atoms with Gasteiger partial charge in [0, 0.05) is 0 Å². The molecule has 13 heteroatoms. The number of carbonyl (C=O) groups excluding carboxylic acids is 3. The van der Waals surface area contributed by atoms with Crippen molar-refractivity contribution in [2.75, 3.05) is 0 Å². The Kier molecular flexibility index (Phi) is 8.35. The molecule has 2 aromatic carbocycles. The number of ether oxygens (including phenoxy) is 2. The van der Waals surface area contributed by atoms with Crippen molar-refractivity contribution in [3.63, 3.8) is 0 Å². The number of ketones is 1. The van der Waals surface area contributed by atoms with E-state index in [1.807, 2.05) is 0 Å². The fourth-order valence-electron chi connectivity index (χ4n) is 2.76. The van der Waals surface area contributed by atoms with Crippen LogP contribution in [0, 0.1) is 21.4 Å². The van der Waals surface area contributed by atoms with Crippen LogP contribution in [0.5, 0.6) is 11.5 Å². The number of alkyl halides is 3. The molecule has 0 N–H and O–H groups in total. The van der Waals surface area contributed by atoms with Gasteiger partial charge in [-0.1, -0.05) is 38.4 Å².